The largest absolute Gasteiger partial charge is 0.375 e. The summed E-state index contributed by atoms with van der Waals surface area (Å²) in [5.41, 5.74) is 0.476. The molecule has 1 aliphatic heterocycles. The summed E-state index contributed by atoms with van der Waals surface area (Å²) in [4.78, 5) is 0. The minimum Gasteiger partial charge on any atom is -0.375 e. The predicted octanol–water partition coefficient (Wildman–Crippen LogP) is 4.07. The quantitative estimate of drug-likeness (QED) is 0.556. The maximum Gasteiger partial charge on any atom is 0.0585 e. The molecule has 0 aromatic carbocycles. The van der Waals surface area contributed by atoms with Gasteiger partial charge in [0.1, 0.15) is 0 Å². The smallest absolute Gasteiger partial charge is 0.0585 e. The van der Waals surface area contributed by atoms with E-state index < -0.39 is 0 Å². The van der Waals surface area contributed by atoms with Gasteiger partial charge in [0.2, 0.25) is 0 Å². The Balaban J connectivity index is 1.92. The first kappa shape index (κ1) is 11.7. The summed E-state index contributed by atoms with van der Waals surface area (Å²) in [6, 6.07) is 0. The van der Waals surface area contributed by atoms with Crippen molar-refractivity contribution in [2.24, 2.45) is 5.41 Å². The van der Waals surface area contributed by atoms with Gasteiger partial charge < -0.3 is 4.74 Å². The van der Waals surface area contributed by atoms with Crippen LogP contribution in [0.15, 0.2) is 12.2 Å². The molecule has 86 valence electrons. The molecule has 1 aliphatic carbocycles. The zero-order chi connectivity index (χ0) is 10.7. The molecule has 0 spiro atoms. The van der Waals surface area contributed by atoms with Crippen molar-refractivity contribution in [1.82, 2.24) is 0 Å². The van der Waals surface area contributed by atoms with Crippen molar-refractivity contribution >= 4 is 15.9 Å². The standard InChI is InChI=1S/C13H21BrO/c1-11-5-6-12(15-11)9-13(10-14)7-3-2-4-8-13/h2-3,11-12H,4-10H2,1H3. The van der Waals surface area contributed by atoms with Gasteiger partial charge >= 0.3 is 0 Å². The number of alkyl halides is 1. The molecule has 0 aromatic heterocycles. The normalized spacial score (nSPS) is 40.9. The molecule has 1 heterocycles. The minimum absolute atomic E-state index is 0.476. The third-order valence-corrected chi connectivity index (χ3v) is 5.01. The second-order valence-electron chi connectivity index (χ2n) is 5.20. The van der Waals surface area contributed by atoms with Crippen molar-refractivity contribution in [3.05, 3.63) is 12.2 Å². The van der Waals surface area contributed by atoms with Gasteiger partial charge in [0.15, 0.2) is 0 Å². The van der Waals surface area contributed by atoms with Gasteiger partial charge in [-0.15, -0.1) is 0 Å². The second kappa shape index (κ2) is 5.01. The van der Waals surface area contributed by atoms with Gasteiger partial charge in [-0.2, -0.15) is 0 Å². The Bertz CT molecular complexity index is 239. The summed E-state index contributed by atoms with van der Waals surface area (Å²) in [5.74, 6) is 0. The maximum atomic E-state index is 5.95. The highest BCUT2D eigenvalue weighted by atomic mass is 79.9. The van der Waals surface area contributed by atoms with Crippen LogP contribution in [0.2, 0.25) is 0 Å². The van der Waals surface area contributed by atoms with Crippen molar-refractivity contribution in [1.29, 1.82) is 0 Å². The van der Waals surface area contributed by atoms with E-state index in [1.54, 1.807) is 0 Å². The summed E-state index contributed by atoms with van der Waals surface area (Å²) in [7, 11) is 0. The lowest BCUT2D eigenvalue weighted by Gasteiger charge is -2.35. The fourth-order valence-electron chi connectivity index (χ4n) is 2.82. The van der Waals surface area contributed by atoms with Gasteiger partial charge in [0, 0.05) is 5.33 Å². The third kappa shape index (κ3) is 2.85. The SMILES string of the molecule is CC1CCC(CC2(CBr)CC=CCC2)O1. The molecule has 3 atom stereocenters. The number of rotatable bonds is 3. The first-order chi connectivity index (χ1) is 7.24. The first-order valence-corrected chi connectivity index (χ1v) is 7.23. The highest BCUT2D eigenvalue weighted by Crippen LogP contribution is 2.41. The topological polar surface area (TPSA) is 9.23 Å². The van der Waals surface area contributed by atoms with Crippen LogP contribution in [-0.2, 0) is 4.74 Å². The lowest BCUT2D eigenvalue weighted by molar-refractivity contribution is 0.0243. The highest BCUT2D eigenvalue weighted by molar-refractivity contribution is 9.09. The highest BCUT2D eigenvalue weighted by Gasteiger charge is 2.34. The van der Waals surface area contributed by atoms with Gasteiger partial charge in [0.25, 0.3) is 0 Å². The van der Waals surface area contributed by atoms with Gasteiger partial charge in [-0.05, 0) is 50.9 Å². The zero-order valence-electron chi connectivity index (χ0n) is 9.55. The van der Waals surface area contributed by atoms with Crippen LogP contribution >= 0.6 is 15.9 Å². The summed E-state index contributed by atoms with van der Waals surface area (Å²) in [5, 5.41) is 1.12. The molecule has 1 saturated heterocycles. The Morgan fingerprint density at radius 2 is 2.27 bits per heavy atom. The van der Waals surface area contributed by atoms with E-state index in [-0.39, 0.29) is 0 Å². The molecule has 1 nitrogen and oxygen atoms in total. The van der Waals surface area contributed by atoms with Crippen molar-refractivity contribution in [3.8, 4) is 0 Å². The van der Waals surface area contributed by atoms with E-state index in [2.05, 4.69) is 35.0 Å². The van der Waals surface area contributed by atoms with E-state index in [4.69, 9.17) is 4.74 Å². The van der Waals surface area contributed by atoms with E-state index >= 15 is 0 Å². The molecule has 0 N–H and O–H groups in total. The molecule has 2 aliphatic rings. The van der Waals surface area contributed by atoms with E-state index in [0.717, 1.165) is 5.33 Å². The summed E-state index contributed by atoms with van der Waals surface area (Å²) in [6.07, 6.45) is 13.2. The predicted molar refractivity (Wildman–Crippen MR) is 67.4 cm³/mol. The van der Waals surface area contributed by atoms with E-state index in [1.165, 1.54) is 38.5 Å². The Morgan fingerprint density at radius 3 is 2.80 bits per heavy atom. The van der Waals surface area contributed by atoms with E-state index in [0.29, 0.717) is 17.6 Å². The monoisotopic (exact) mass is 272 g/mol. The molecular formula is C13H21BrO. The third-order valence-electron chi connectivity index (χ3n) is 3.82. The van der Waals surface area contributed by atoms with Crippen LogP contribution in [-0.4, -0.2) is 17.5 Å². The van der Waals surface area contributed by atoms with Gasteiger partial charge in [-0.3, -0.25) is 0 Å². The van der Waals surface area contributed by atoms with Crippen molar-refractivity contribution in [2.45, 2.75) is 57.7 Å². The Morgan fingerprint density at radius 1 is 1.40 bits per heavy atom. The van der Waals surface area contributed by atoms with Crippen molar-refractivity contribution in [2.75, 3.05) is 5.33 Å². The average Bonchev–Trinajstić information content (AvgIpc) is 2.65. The number of halogens is 1. The number of ether oxygens (including phenoxy) is 1. The molecule has 0 bridgehead atoms. The fourth-order valence-corrected chi connectivity index (χ4v) is 3.56. The Labute approximate surface area is 101 Å². The van der Waals surface area contributed by atoms with Crippen LogP contribution < -0.4 is 0 Å². The first-order valence-electron chi connectivity index (χ1n) is 6.10. The van der Waals surface area contributed by atoms with Crippen LogP contribution in [0.5, 0.6) is 0 Å². The Kier molecular flexibility index (Phi) is 3.89. The molecule has 0 amide bonds. The van der Waals surface area contributed by atoms with Crippen LogP contribution in [0.3, 0.4) is 0 Å². The molecule has 0 radical (unpaired) electrons. The summed E-state index contributed by atoms with van der Waals surface area (Å²) < 4.78 is 5.95. The molecule has 2 heteroatoms. The molecule has 0 aromatic rings. The second-order valence-corrected chi connectivity index (χ2v) is 5.76. The average molecular weight is 273 g/mol. The number of allylic oxidation sites excluding steroid dienone is 2. The van der Waals surface area contributed by atoms with E-state index in [9.17, 15) is 0 Å². The summed E-state index contributed by atoms with van der Waals surface area (Å²) in [6.45, 7) is 2.20. The van der Waals surface area contributed by atoms with Crippen LogP contribution in [0.1, 0.15) is 45.4 Å². The number of hydrogen-bond acceptors (Lipinski definition) is 1. The minimum atomic E-state index is 0.476. The van der Waals surface area contributed by atoms with Crippen LogP contribution in [0.4, 0.5) is 0 Å². The summed E-state index contributed by atoms with van der Waals surface area (Å²) >= 11 is 3.70. The van der Waals surface area contributed by atoms with E-state index in [1.807, 2.05) is 0 Å². The fraction of sp³-hybridized carbons (Fsp3) is 0.846. The van der Waals surface area contributed by atoms with Gasteiger partial charge in [-0.25, -0.2) is 0 Å². The van der Waals surface area contributed by atoms with Gasteiger partial charge in [0.05, 0.1) is 12.2 Å². The zero-order valence-corrected chi connectivity index (χ0v) is 11.1. The maximum absolute atomic E-state index is 5.95. The molecule has 3 unspecified atom stereocenters. The van der Waals surface area contributed by atoms with Crippen LogP contribution in [0.25, 0.3) is 0 Å². The molecule has 2 rings (SSSR count). The van der Waals surface area contributed by atoms with Crippen LogP contribution in [0, 0.1) is 5.41 Å². The molecule has 0 saturated carbocycles. The lowest BCUT2D eigenvalue weighted by atomic mass is 9.74. The molecular weight excluding hydrogens is 252 g/mol. The molecule has 15 heavy (non-hydrogen) atoms. The lowest BCUT2D eigenvalue weighted by Crippen LogP contribution is -2.29. The van der Waals surface area contributed by atoms with Gasteiger partial charge in [-0.1, -0.05) is 28.1 Å². The Hall–Kier alpha value is 0.180. The number of hydrogen-bond donors (Lipinski definition) is 0. The molecule has 1 fully saturated rings. The van der Waals surface area contributed by atoms with Crippen molar-refractivity contribution in [3.63, 3.8) is 0 Å². The van der Waals surface area contributed by atoms with Crippen molar-refractivity contribution < 1.29 is 4.74 Å².